The lowest BCUT2D eigenvalue weighted by Crippen LogP contribution is -2.55. The number of carbonyl (C=O) groups is 7. The van der Waals surface area contributed by atoms with Crippen molar-refractivity contribution in [2.24, 2.45) is 11.5 Å². The number of unbranched alkanes of at least 4 members (excludes halogenated alkanes) is 1. The second-order valence-electron chi connectivity index (χ2n) is 9.89. The van der Waals surface area contributed by atoms with Gasteiger partial charge in [-0.15, -0.1) is 0 Å². The van der Waals surface area contributed by atoms with E-state index in [1.165, 1.54) is 14.0 Å². The molecule has 6 amide bonds. The molecular weight excluding hydrogens is 560 g/mol. The fourth-order valence-corrected chi connectivity index (χ4v) is 3.84. The van der Waals surface area contributed by atoms with Crippen LogP contribution in [0.25, 0.3) is 0 Å². The Labute approximate surface area is 251 Å². The monoisotopic (exact) mass is 604 g/mol. The van der Waals surface area contributed by atoms with Crippen LogP contribution < -0.4 is 43.4 Å². The van der Waals surface area contributed by atoms with Crippen molar-refractivity contribution in [1.82, 2.24) is 31.9 Å². The van der Waals surface area contributed by atoms with Crippen molar-refractivity contribution >= 4 is 41.7 Å². The number of carbonyl (C=O) groups excluding carboxylic acids is 7. The first-order chi connectivity index (χ1) is 20.5. The molecule has 0 fully saturated rings. The zero-order chi connectivity index (χ0) is 32.2. The second kappa shape index (κ2) is 20.5. The van der Waals surface area contributed by atoms with E-state index in [0.29, 0.717) is 19.1 Å². The van der Waals surface area contributed by atoms with E-state index in [0.717, 1.165) is 5.56 Å². The van der Waals surface area contributed by atoms with Gasteiger partial charge in [0, 0.05) is 26.4 Å². The number of nitrogens with one attached hydrogen (secondary N) is 6. The molecule has 1 aromatic rings. The van der Waals surface area contributed by atoms with Crippen LogP contribution in [0, 0.1) is 0 Å². The highest BCUT2D eigenvalue weighted by atomic mass is 16.2. The molecule has 43 heavy (non-hydrogen) atoms. The third-order valence-electron chi connectivity index (χ3n) is 6.27. The Hall–Kier alpha value is -4.37. The van der Waals surface area contributed by atoms with Gasteiger partial charge in [-0.05, 0) is 38.2 Å². The summed E-state index contributed by atoms with van der Waals surface area (Å²) in [5.74, 6) is -2.86. The molecule has 0 aliphatic carbocycles. The third kappa shape index (κ3) is 15.4. The minimum atomic E-state index is -0.947. The van der Waals surface area contributed by atoms with Gasteiger partial charge >= 0.3 is 0 Å². The highest BCUT2D eigenvalue weighted by molar-refractivity contribution is 5.93. The standard InChI is InChI=1S/C28H44N8O7/c1-18(30)26(41)36-22(14-19-8-4-3-5-9-19)28(43)35-21(27(42)31-2)10-6-7-13-32-23(38)12-11-20(17-37)34-25(40)16-33-24(39)15-29/h3-5,8-9,17-18,20-22H,6-7,10-16,29-30H2,1-2H3,(H,31,42)(H,32,38)(H,33,39)(H,34,40)(H,35,43)(H,36,41). The molecule has 0 spiro atoms. The number of aldehydes is 1. The number of amides is 6. The van der Waals surface area contributed by atoms with Gasteiger partial charge in [-0.2, -0.15) is 0 Å². The van der Waals surface area contributed by atoms with Crippen LogP contribution in [-0.4, -0.2) is 92.6 Å². The molecule has 1 aromatic carbocycles. The van der Waals surface area contributed by atoms with Gasteiger partial charge in [-0.3, -0.25) is 28.8 Å². The van der Waals surface area contributed by atoms with Crippen molar-refractivity contribution in [1.29, 1.82) is 0 Å². The number of nitrogens with two attached hydrogens (primary N) is 2. The van der Waals surface area contributed by atoms with Gasteiger partial charge in [0.25, 0.3) is 0 Å². The van der Waals surface area contributed by atoms with Crippen LogP contribution in [0.15, 0.2) is 30.3 Å². The molecule has 15 heteroatoms. The molecule has 4 unspecified atom stereocenters. The van der Waals surface area contributed by atoms with Crippen molar-refractivity contribution in [3.8, 4) is 0 Å². The maximum absolute atomic E-state index is 13.1. The van der Waals surface area contributed by atoms with E-state index in [9.17, 15) is 33.6 Å². The molecule has 0 aliphatic heterocycles. The quantitative estimate of drug-likeness (QED) is 0.0562. The Balaban J connectivity index is 2.55. The van der Waals surface area contributed by atoms with Crippen LogP contribution in [-0.2, 0) is 40.0 Å². The predicted molar refractivity (Wildman–Crippen MR) is 158 cm³/mol. The normalized spacial score (nSPS) is 13.3. The summed E-state index contributed by atoms with van der Waals surface area (Å²) in [6.45, 7) is 1.19. The Bertz CT molecular complexity index is 1080. The highest BCUT2D eigenvalue weighted by Crippen LogP contribution is 2.07. The number of benzene rings is 1. The van der Waals surface area contributed by atoms with Gasteiger partial charge in [-0.25, -0.2) is 0 Å². The molecule has 238 valence electrons. The molecule has 0 aromatic heterocycles. The second-order valence-corrected chi connectivity index (χ2v) is 9.89. The molecule has 15 nitrogen and oxygen atoms in total. The maximum Gasteiger partial charge on any atom is 0.243 e. The van der Waals surface area contributed by atoms with Crippen molar-refractivity contribution in [2.75, 3.05) is 26.7 Å². The Kier molecular flexibility index (Phi) is 17.5. The van der Waals surface area contributed by atoms with Crippen LogP contribution >= 0.6 is 0 Å². The molecule has 0 bridgehead atoms. The van der Waals surface area contributed by atoms with Gasteiger partial charge in [-0.1, -0.05) is 30.3 Å². The van der Waals surface area contributed by atoms with Crippen LogP contribution in [0.5, 0.6) is 0 Å². The lowest BCUT2D eigenvalue weighted by molar-refractivity contribution is -0.132. The molecule has 0 saturated heterocycles. The molecule has 1 rings (SSSR count). The summed E-state index contributed by atoms with van der Waals surface area (Å²) in [7, 11) is 1.45. The average Bonchev–Trinajstić information content (AvgIpc) is 3.00. The highest BCUT2D eigenvalue weighted by Gasteiger charge is 2.27. The first-order valence-electron chi connectivity index (χ1n) is 14.1. The third-order valence-corrected chi connectivity index (χ3v) is 6.27. The van der Waals surface area contributed by atoms with Gasteiger partial charge in [0.15, 0.2) is 0 Å². The first-order valence-corrected chi connectivity index (χ1v) is 14.1. The molecule has 0 radical (unpaired) electrons. The molecular formula is C28H44N8O7. The number of hydrogen-bond acceptors (Lipinski definition) is 9. The molecule has 0 aliphatic rings. The first kappa shape index (κ1) is 36.7. The van der Waals surface area contributed by atoms with Crippen LogP contribution in [0.2, 0.25) is 0 Å². The Morgan fingerprint density at radius 2 is 1.49 bits per heavy atom. The Morgan fingerprint density at radius 1 is 0.814 bits per heavy atom. The van der Waals surface area contributed by atoms with Crippen LogP contribution in [0.4, 0.5) is 0 Å². The van der Waals surface area contributed by atoms with Crippen molar-refractivity contribution in [3.63, 3.8) is 0 Å². The molecule has 4 atom stereocenters. The Morgan fingerprint density at radius 3 is 2.09 bits per heavy atom. The lowest BCUT2D eigenvalue weighted by atomic mass is 10.0. The molecule has 10 N–H and O–H groups in total. The zero-order valence-corrected chi connectivity index (χ0v) is 24.6. The smallest absolute Gasteiger partial charge is 0.243 e. The van der Waals surface area contributed by atoms with Gasteiger partial charge in [0.1, 0.15) is 18.4 Å². The van der Waals surface area contributed by atoms with Crippen molar-refractivity contribution in [3.05, 3.63) is 35.9 Å². The summed E-state index contributed by atoms with van der Waals surface area (Å²) in [5.41, 5.74) is 11.6. The minimum absolute atomic E-state index is 0.0221. The fraction of sp³-hybridized carbons (Fsp3) is 0.536. The summed E-state index contributed by atoms with van der Waals surface area (Å²) < 4.78 is 0. The lowest BCUT2D eigenvalue weighted by Gasteiger charge is -2.23. The van der Waals surface area contributed by atoms with Crippen LogP contribution in [0.1, 0.15) is 44.6 Å². The van der Waals surface area contributed by atoms with E-state index < -0.39 is 53.7 Å². The topological polar surface area (TPSA) is 244 Å². The predicted octanol–water partition coefficient (Wildman–Crippen LogP) is -2.88. The summed E-state index contributed by atoms with van der Waals surface area (Å²) in [5, 5.41) is 15.3. The van der Waals surface area contributed by atoms with E-state index in [1.807, 2.05) is 30.3 Å². The van der Waals surface area contributed by atoms with Crippen molar-refractivity contribution in [2.45, 2.75) is 69.6 Å². The van der Waals surface area contributed by atoms with E-state index in [4.69, 9.17) is 11.5 Å². The summed E-state index contributed by atoms with van der Waals surface area (Å²) in [4.78, 5) is 84.2. The van der Waals surface area contributed by atoms with Crippen molar-refractivity contribution < 1.29 is 33.6 Å². The summed E-state index contributed by atoms with van der Waals surface area (Å²) >= 11 is 0. The van der Waals surface area contributed by atoms with E-state index in [2.05, 4.69) is 31.9 Å². The van der Waals surface area contributed by atoms with E-state index in [-0.39, 0.29) is 51.2 Å². The van der Waals surface area contributed by atoms with Gasteiger partial charge < -0.3 is 48.2 Å². The summed E-state index contributed by atoms with van der Waals surface area (Å²) in [6.07, 6.45) is 2.02. The number of rotatable bonds is 20. The zero-order valence-electron chi connectivity index (χ0n) is 24.6. The average molecular weight is 605 g/mol. The molecule has 0 saturated carbocycles. The largest absolute Gasteiger partial charge is 0.357 e. The maximum atomic E-state index is 13.1. The van der Waals surface area contributed by atoms with E-state index in [1.54, 1.807) is 0 Å². The van der Waals surface area contributed by atoms with Gasteiger partial charge in [0.05, 0.1) is 25.2 Å². The number of hydrogen-bond donors (Lipinski definition) is 8. The van der Waals surface area contributed by atoms with E-state index >= 15 is 0 Å². The van der Waals surface area contributed by atoms with Crippen LogP contribution in [0.3, 0.4) is 0 Å². The van der Waals surface area contributed by atoms with Gasteiger partial charge in [0.2, 0.25) is 35.4 Å². The summed E-state index contributed by atoms with van der Waals surface area (Å²) in [6, 6.07) is 5.57. The SMILES string of the molecule is CNC(=O)C(CCCCNC(=O)CCC(C=O)NC(=O)CNC(=O)CN)NC(=O)C(Cc1ccccc1)NC(=O)C(C)N. The molecule has 0 heterocycles. The number of likely N-dealkylation sites (N-methyl/N-ethyl adjacent to an activating group) is 1. The minimum Gasteiger partial charge on any atom is -0.357 e. The fourth-order valence-electron chi connectivity index (χ4n) is 3.84.